The SMILES string of the molecule is CCC1CN(CCc2nccn2C)C2(CCCC2)CN1. The predicted octanol–water partition coefficient (Wildman–Crippen LogP) is 1.96. The number of hydrogen-bond acceptors (Lipinski definition) is 3. The molecule has 1 aromatic rings. The quantitative estimate of drug-likeness (QED) is 0.912. The molecule has 0 bridgehead atoms. The van der Waals surface area contributed by atoms with E-state index in [2.05, 4.69) is 33.7 Å². The average Bonchev–Trinajstić information content (AvgIpc) is 3.08. The van der Waals surface area contributed by atoms with Crippen LogP contribution < -0.4 is 5.32 Å². The summed E-state index contributed by atoms with van der Waals surface area (Å²) in [6.45, 7) is 5.84. The fourth-order valence-electron chi connectivity index (χ4n) is 3.97. The van der Waals surface area contributed by atoms with Crippen LogP contribution in [-0.2, 0) is 13.5 Å². The molecule has 2 fully saturated rings. The summed E-state index contributed by atoms with van der Waals surface area (Å²) in [6, 6.07) is 0.669. The third-order valence-corrected chi connectivity index (χ3v) is 5.38. The summed E-state index contributed by atoms with van der Waals surface area (Å²) in [5.41, 5.74) is 0.441. The highest BCUT2D eigenvalue weighted by atomic mass is 15.3. The first-order valence-corrected chi connectivity index (χ1v) is 8.18. The number of rotatable bonds is 4. The molecule has 1 spiro atoms. The maximum atomic E-state index is 4.48. The summed E-state index contributed by atoms with van der Waals surface area (Å²) in [5.74, 6) is 1.21. The first-order valence-electron chi connectivity index (χ1n) is 8.18. The lowest BCUT2D eigenvalue weighted by Crippen LogP contribution is -2.63. The van der Waals surface area contributed by atoms with Gasteiger partial charge < -0.3 is 9.88 Å². The van der Waals surface area contributed by atoms with Crippen LogP contribution in [0.15, 0.2) is 12.4 Å². The topological polar surface area (TPSA) is 33.1 Å². The van der Waals surface area contributed by atoms with Gasteiger partial charge in [0.25, 0.3) is 0 Å². The van der Waals surface area contributed by atoms with Gasteiger partial charge in [0, 0.05) is 57.1 Å². The highest BCUT2D eigenvalue weighted by Crippen LogP contribution is 2.37. The molecule has 1 saturated heterocycles. The summed E-state index contributed by atoms with van der Waals surface area (Å²) in [5, 5.41) is 3.77. The van der Waals surface area contributed by atoms with E-state index in [0.717, 1.165) is 13.0 Å². The van der Waals surface area contributed by atoms with E-state index in [0.29, 0.717) is 11.6 Å². The maximum absolute atomic E-state index is 4.48. The van der Waals surface area contributed by atoms with Gasteiger partial charge in [-0.1, -0.05) is 19.8 Å². The van der Waals surface area contributed by atoms with Gasteiger partial charge in [-0.2, -0.15) is 0 Å². The molecule has 1 saturated carbocycles. The van der Waals surface area contributed by atoms with Crippen molar-refractivity contribution >= 4 is 0 Å². The van der Waals surface area contributed by atoms with Crippen molar-refractivity contribution in [2.45, 2.75) is 57.0 Å². The van der Waals surface area contributed by atoms with Crippen molar-refractivity contribution in [1.29, 1.82) is 0 Å². The summed E-state index contributed by atoms with van der Waals surface area (Å²) < 4.78 is 2.15. The number of imidazole rings is 1. The lowest BCUT2D eigenvalue weighted by atomic mass is 9.90. The minimum atomic E-state index is 0.441. The molecule has 1 unspecified atom stereocenters. The van der Waals surface area contributed by atoms with Crippen LogP contribution in [-0.4, -0.2) is 45.7 Å². The lowest BCUT2D eigenvalue weighted by molar-refractivity contribution is 0.0427. The monoisotopic (exact) mass is 276 g/mol. The zero-order valence-electron chi connectivity index (χ0n) is 12.9. The second-order valence-corrected chi connectivity index (χ2v) is 6.57. The van der Waals surface area contributed by atoms with Crippen molar-refractivity contribution in [1.82, 2.24) is 19.8 Å². The molecule has 0 aromatic carbocycles. The summed E-state index contributed by atoms with van der Waals surface area (Å²) >= 11 is 0. The van der Waals surface area contributed by atoms with Crippen molar-refractivity contribution < 1.29 is 0 Å². The van der Waals surface area contributed by atoms with Crippen molar-refractivity contribution in [3.05, 3.63) is 18.2 Å². The van der Waals surface area contributed by atoms with Crippen LogP contribution in [0, 0.1) is 0 Å². The minimum absolute atomic E-state index is 0.441. The van der Waals surface area contributed by atoms with Gasteiger partial charge in [0.15, 0.2) is 0 Å². The molecular formula is C16H28N4. The van der Waals surface area contributed by atoms with Gasteiger partial charge in [0.1, 0.15) is 5.82 Å². The van der Waals surface area contributed by atoms with Crippen molar-refractivity contribution in [2.24, 2.45) is 7.05 Å². The Morgan fingerprint density at radius 3 is 2.85 bits per heavy atom. The molecule has 2 heterocycles. The Balaban J connectivity index is 1.68. The van der Waals surface area contributed by atoms with Crippen molar-refractivity contribution in [3.8, 4) is 0 Å². The second kappa shape index (κ2) is 5.86. The zero-order chi connectivity index (χ0) is 14.0. The lowest BCUT2D eigenvalue weighted by Gasteiger charge is -2.48. The summed E-state index contributed by atoms with van der Waals surface area (Å²) in [4.78, 5) is 7.25. The van der Waals surface area contributed by atoms with Gasteiger partial charge in [0.2, 0.25) is 0 Å². The van der Waals surface area contributed by atoms with Crippen LogP contribution in [0.4, 0.5) is 0 Å². The van der Waals surface area contributed by atoms with Gasteiger partial charge in [-0.05, 0) is 19.3 Å². The molecule has 4 heteroatoms. The van der Waals surface area contributed by atoms with Crippen LogP contribution in [0.25, 0.3) is 0 Å². The summed E-state index contributed by atoms with van der Waals surface area (Å²) in [7, 11) is 2.10. The third kappa shape index (κ3) is 2.63. The molecule has 3 rings (SSSR count). The van der Waals surface area contributed by atoms with E-state index in [1.165, 1.54) is 51.0 Å². The van der Waals surface area contributed by atoms with Crippen LogP contribution in [0.5, 0.6) is 0 Å². The number of hydrogen-bond donors (Lipinski definition) is 1. The Kier molecular flexibility index (Phi) is 4.13. The van der Waals surface area contributed by atoms with E-state index in [4.69, 9.17) is 0 Å². The molecular weight excluding hydrogens is 248 g/mol. The summed E-state index contributed by atoms with van der Waals surface area (Å²) in [6.07, 6.45) is 11.8. The van der Waals surface area contributed by atoms with Crippen LogP contribution in [0.2, 0.25) is 0 Å². The molecule has 1 atom stereocenters. The van der Waals surface area contributed by atoms with Gasteiger partial charge in [-0.25, -0.2) is 4.98 Å². The number of aromatic nitrogens is 2. The van der Waals surface area contributed by atoms with Crippen LogP contribution in [0.1, 0.15) is 44.9 Å². The highest BCUT2D eigenvalue weighted by molar-refractivity contribution is 5.03. The normalized spacial score (nSPS) is 26.4. The van der Waals surface area contributed by atoms with Gasteiger partial charge in [0.05, 0.1) is 0 Å². The second-order valence-electron chi connectivity index (χ2n) is 6.57. The van der Waals surface area contributed by atoms with Gasteiger partial charge >= 0.3 is 0 Å². The van der Waals surface area contributed by atoms with E-state index in [1.54, 1.807) is 0 Å². The fraction of sp³-hybridized carbons (Fsp3) is 0.812. The van der Waals surface area contributed by atoms with E-state index in [9.17, 15) is 0 Å². The molecule has 1 aromatic heterocycles. The number of piperazine rings is 1. The molecule has 2 aliphatic rings. The molecule has 4 nitrogen and oxygen atoms in total. The van der Waals surface area contributed by atoms with Crippen LogP contribution in [0.3, 0.4) is 0 Å². The van der Waals surface area contributed by atoms with E-state index < -0.39 is 0 Å². The minimum Gasteiger partial charge on any atom is -0.338 e. The number of aryl methyl sites for hydroxylation is 1. The Morgan fingerprint density at radius 2 is 2.20 bits per heavy atom. The largest absolute Gasteiger partial charge is 0.338 e. The third-order valence-electron chi connectivity index (χ3n) is 5.38. The maximum Gasteiger partial charge on any atom is 0.109 e. The van der Waals surface area contributed by atoms with Crippen molar-refractivity contribution in [3.63, 3.8) is 0 Å². The Hall–Kier alpha value is -0.870. The molecule has 1 aliphatic carbocycles. The Labute approximate surface area is 122 Å². The number of nitrogens with zero attached hydrogens (tertiary/aromatic N) is 3. The van der Waals surface area contributed by atoms with Gasteiger partial charge in [-0.3, -0.25) is 4.90 Å². The molecule has 112 valence electrons. The molecule has 20 heavy (non-hydrogen) atoms. The van der Waals surface area contributed by atoms with Crippen molar-refractivity contribution in [2.75, 3.05) is 19.6 Å². The molecule has 0 radical (unpaired) electrons. The molecule has 1 N–H and O–H groups in total. The number of nitrogens with one attached hydrogen (secondary N) is 1. The predicted molar refractivity (Wildman–Crippen MR) is 81.8 cm³/mol. The Morgan fingerprint density at radius 1 is 1.40 bits per heavy atom. The average molecular weight is 276 g/mol. The first-order chi connectivity index (χ1) is 9.73. The standard InChI is InChI=1S/C16H28N4/c1-3-14-12-20(10-6-15-17-9-11-19(15)2)16(13-18-14)7-4-5-8-16/h9,11,14,18H,3-8,10,12-13H2,1-2H3. The van der Waals surface area contributed by atoms with E-state index in [-0.39, 0.29) is 0 Å². The smallest absolute Gasteiger partial charge is 0.109 e. The molecule has 0 amide bonds. The first kappa shape index (κ1) is 14.1. The van der Waals surface area contributed by atoms with E-state index >= 15 is 0 Å². The highest BCUT2D eigenvalue weighted by Gasteiger charge is 2.42. The fourth-order valence-corrected chi connectivity index (χ4v) is 3.97. The van der Waals surface area contributed by atoms with E-state index in [1.807, 2.05) is 12.4 Å². The van der Waals surface area contributed by atoms with Crippen LogP contribution >= 0.6 is 0 Å². The van der Waals surface area contributed by atoms with Gasteiger partial charge in [-0.15, -0.1) is 0 Å². The molecule has 1 aliphatic heterocycles. The zero-order valence-corrected chi connectivity index (χ0v) is 12.9. The Bertz CT molecular complexity index is 433.